The summed E-state index contributed by atoms with van der Waals surface area (Å²) < 4.78 is 16.9. The van der Waals surface area contributed by atoms with Gasteiger partial charge in [-0.2, -0.15) is 0 Å². The lowest BCUT2D eigenvalue weighted by Gasteiger charge is -2.68. The molecule has 0 amide bonds. The molecule has 0 saturated heterocycles. The summed E-state index contributed by atoms with van der Waals surface area (Å²) in [6.45, 7) is 13.8. The van der Waals surface area contributed by atoms with Crippen molar-refractivity contribution >= 4 is 30.0 Å². The van der Waals surface area contributed by atoms with Crippen LogP contribution in [-0.4, -0.2) is 43.2 Å². The second-order valence-corrected chi connectivity index (χ2v) is 12.8. The van der Waals surface area contributed by atoms with E-state index in [4.69, 9.17) is 14.2 Å². The average Bonchev–Trinajstić information content (AvgIpc) is 3.01. The SMILES string of the molecule is COC(=O)[C@@]12C(OC(C)=O)=C(C)C(=O)[C@]1(C)C(C)=C[C@H]1[C@]3(C=O)CC[C@H](OC(C)=O)C(C)(C)[C@H]3CC[C@@]12C. The van der Waals surface area contributed by atoms with Gasteiger partial charge in [0.25, 0.3) is 0 Å². The highest BCUT2D eigenvalue weighted by Crippen LogP contribution is 2.77. The zero-order valence-corrected chi connectivity index (χ0v) is 24.0. The molecule has 38 heavy (non-hydrogen) atoms. The van der Waals surface area contributed by atoms with Crippen LogP contribution in [0.3, 0.4) is 0 Å². The third kappa shape index (κ3) is 3.06. The summed E-state index contributed by atoms with van der Waals surface area (Å²) in [6, 6.07) is 0. The van der Waals surface area contributed by atoms with E-state index in [2.05, 4.69) is 0 Å². The van der Waals surface area contributed by atoms with Crippen molar-refractivity contribution in [3.8, 4) is 0 Å². The molecule has 8 heteroatoms. The van der Waals surface area contributed by atoms with E-state index in [-0.39, 0.29) is 35.1 Å². The fourth-order valence-electron chi connectivity index (χ4n) is 9.29. The molecule has 0 aromatic carbocycles. The molecular formula is C30H40O8. The topological polar surface area (TPSA) is 113 Å². The van der Waals surface area contributed by atoms with E-state index in [0.717, 1.165) is 6.29 Å². The molecule has 0 bridgehead atoms. The fourth-order valence-corrected chi connectivity index (χ4v) is 9.29. The normalized spacial score (nSPS) is 41.2. The number of ketones is 1. The highest BCUT2D eigenvalue weighted by molar-refractivity contribution is 6.11. The van der Waals surface area contributed by atoms with Crippen molar-refractivity contribution in [3.63, 3.8) is 0 Å². The minimum absolute atomic E-state index is 0.0386. The Hall–Kier alpha value is -2.77. The fraction of sp³-hybridized carbons (Fsp3) is 0.700. The number of methoxy groups -OCH3 is 1. The molecular weight excluding hydrogens is 488 g/mol. The second kappa shape index (κ2) is 8.62. The third-order valence-corrected chi connectivity index (χ3v) is 11.0. The second-order valence-electron chi connectivity index (χ2n) is 12.8. The minimum Gasteiger partial charge on any atom is -0.468 e. The largest absolute Gasteiger partial charge is 0.468 e. The number of ether oxygens (including phenoxy) is 3. The number of hydrogen-bond donors (Lipinski definition) is 0. The van der Waals surface area contributed by atoms with Crippen LogP contribution in [0.4, 0.5) is 0 Å². The van der Waals surface area contributed by atoms with Crippen molar-refractivity contribution in [1.29, 1.82) is 0 Å². The minimum atomic E-state index is -1.64. The van der Waals surface area contributed by atoms with Crippen molar-refractivity contribution in [2.24, 2.45) is 38.9 Å². The number of rotatable bonds is 4. The van der Waals surface area contributed by atoms with Crippen molar-refractivity contribution in [2.45, 2.75) is 87.2 Å². The maximum Gasteiger partial charge on any atom is 0.321 e. The summed E-state index contributed by atoms with van der Waals surface area (Å²) >= 11 is 0. The molecule has 4 rings (SSSR count). The van der Waals surface area contributed by atoms with E-state index in [9.17, 15) is 24.0 Å². The van der Waals surface area contributed by atoms with Crippen LogP contribution in [0.25, 0.3) is 0 Å². The van der Waals surface area contributed by atoms with Gasteiger partial charge in [-0.25, -0.2) is 0 Å². The molecule has 0 N–H and O–H groups in total. The van der Waals surface area contributed by atoms with Crippen molar-refractivity contribution in [2.75, 3.05) is 7.11 Å². The average molecular weight is 529 g/mol. The van der Waals surface area contributed by atoms with Crippen LogP contribution in [0.15, 0.2) is 23.0 Å². The van der Waals surface area contributed by atoms with E-state index in [0.29, 0.717) is 31.3 Å². The van der Waals surface area contributed by atoms with Crippen molar-refractivity contribution < 1.29 is 38.2 Å². The standard InChI is InChI=1S/C30H40O8/c1-16-14-21-27(7,12-10-20-26(5,6)22(37-18(3)32)11-13-29(20,21)15-31)30(25(35)36-9)24(38-19(4)33)17(2)23(34)28(16,30)8/h14-15,20-22H,10-13H2,1-9H3/t20-,21-,22+,27+,28+,29+,30-/m1/s1. The van der Waals surface area contributed by atoms with Gasteiger partial charge < -0.3 is 19.0 Å². The quantitative estimate of drug-likeness (QED) is 0.227. The van der Waals surface area contributed by atoms with Crippen LogP contribution in [0.5, 0.6) is 0 Å². The lowest BCUT2D eigenvalue weighted by atomic mass is 9.33. The number of allylic oxidation sites excluding steroid dienone is 3. The lowest BCUT2D eigenvalue weighted by Crippen LogP contribution is -2.70. The van der Waals surface area contributed by atoms with Gasteiger partial charge in [0.2, 0.25) is 0 Å². The maximum atomic E-state index is 14.1. The van der Waals surface area contributed by atoms with Crippen LogP contribution in [0, 0.1) is 38.9 Å². The van der Waals surface area contributed by atoms with Gasteiger partial charge in [0.15, 0.2) is 5.78 Å². The smallest absolute Gasteiger partial charge is 0.321 e. The summed E-state index contributed by atoms with van der Waals surface area (Å²) in [5, 5.41) is 0. The van der Waals surface area contributed by atoms with Gasteiger partial charge in [0, 0.05) is 30.3 Å². The number of fused-ring (bicyclic) bond motifs is 5. The van der Waals surface area contributed by atoms with E-state index in [1.54, 1.807) is 13.8 Å². The van der Waals surface area contributed by atoms with E-state index in [1.807, 2.05) is 33.8 Å². The van der Waals surface area contributed by atoms with Gasteiger partial charge in [-0.3, -0.25) is 19.2 Å². The first-order valence-electron chi connectivity index (χ1n) is 13.4. The third-order valence-electron chi connectivity index (χ3n) is 11.0. The van der Waals surface area contributed by atoms with Gasteiger partial charge in [-0.1, -0.05) is 32.4 Å². The van der Waals surface area contributed by atoms with Crippen molar-refractivity contribution in [3.05, 3.63) is 23.0 Å². The molecule has 0 aliphatic heterocycles. The molecule has 0 aromatic rings. The highest BCUT2D eigenvalue weighted by atomic mass is 16.6. The molecule has 2 fully saturated rings. The molecule has 2 saturated carbocycles. The zero-order valence-electron chi connectivity index (χ0n) is 24.0. The Morgan fingerprint density at radius 2 is 1.63 bits per heavy atom. The molecule has 4 aliphatic rings. The predicted octanol–water partition coefficient (Wildman–Crippen LogP) is 4.50. The first-order chi connectivity index (χ1) is 17.5. The van der Waals surface area contributed by atoms with Crippen LogP contribution in [-0.2, 0) is 38.2 Å². The van der Waals surface area contributed by atoms with Gasteiger partial charge >= 0.3 is 17.9 Å². The summed E-state index contributed by atoms with van der Waals surface area (Å²) in [6.07, 6.45) is 4.68. The molecule has 0 spiro atoms. The number of carbonyl (C=O) groups excluding carboxylic acids is 5. The maximum absolute atomic E-state index is 14.1. The van der Waals surface area contributed by atoms with Crippen LogP contribution >= 0.6 is 0 Å². The molecule has 0 heterocycles. The van der Waals surface area contributed by atoms with Gasteiger partial charge in [-0.05, 0) is 63.7 Å². The Labute approximate surface area is 224 Å². The summed E-state index contributed by atoms with van der Waals surface area (Å²) in [5.74, 6) is -2.48. The Morgan fingerprint density at radius 1 is 1.00 bits per heavy atom. The number of carbonyl (C=O) groups is 5. The molecule has 208 valence electrons. The van der Waals surface area contributed by atoms with Gasteiger partial charge in [-0.15, -0.1) is 0 Å². The first kappa shape index (κ1) is 28.2. The Balaban J connectivity index is 2.03. The Kier molecular flexibility index (Phi) is 6.40. The van der Waals surface area contributed by atoms with E-state index < -0.39 is 44.9 Å². The molecule has 7 atom stereocenters. The molecule has 0 radical (unpaired) electrons. The first-order valence-corrected chi connectivity index (χ1v) is 13.4. The van der Waals surface area contributed by atoms with E-state index >= 15 is 0 Å². The summed E-state index contributed by atoms with van der Waals surface area (Å²) in [5.41, 5.74) is -4.50. The number of aldehydes is 1. The molecule has 0 unspecified atom stereocenters. The predicted molar refractivity (Wildman–Crippen MR) is 137 cm³/mol. The molecule has 4 aliphatic carbocycles. The monoisotopic (exact) mass is 528 g/mol. The van der Waals surface area contributed by atoms with Crippen molar-refractivity contribution in [1.82, 2.24) is 0 Å². The number of hydrogen-bond acceptors (Lipinski definition) is 8. The molecule has 0 aromatic heterocycles. The van der Waals surface area contributed by atoms with Crippen LogP contribution < -0.4 is 0 Å². The number of Topliss-reactive ketones (excluding diaryl/α,β-unsaturated/α-hetero) is 1. The highest BCUT2D eigenvalue weighted by Gasteiger charge is 2.81. The number of esters is 3. The zero-order chi connectivity index (χ0) is 28.6. The molecule has 8 nitrogen and oxygen atoms in total. The summed E-state index contributed by atoms with van der Waals surface area (Å²) in [4.78, 5) is 65.7. The Bertz CT molecular complexity index is 1190. The Morgan fingerprint density at radius 3 is 2.16 bits per heavy atom. The van der Waals surface area contributed by atoms with Gasteiger partial charge in [0.05, 0.1) is 12.5 Å². The van der Waals surface area contributed by atoms with Crippen LogP contribution in [0.2, 0.25) is 0 Å². The van der Waals surface area contributed by atoms with Crippen LogP contribution in [0.1, 0.15) is 81.1 Å². The van der Waals surface area contributed by atoms with E-state index in [1.165, 1.54) is 21.0 Å². The summed E-state index contributed by atoms with van der Waals surface area (Å²) in [7, 11) is 1.28. The lowest BCUT2D eigenvalue weighted by molar-refractivity contribution is -0.218. The van der Waals surface area contributed by atoms with Gasteiger partial charge in [0.1, 0.15) is 23.6 Å².